The van der Waals surface area contributed by atoms with E-state index in [0.717, 1.165) is 39.3 Å². The second kappa shape index (κ2) is 9.92. The molecule has 2 amide bonds. The van der Waals surface area contributed by atoms with Gasteiger partial charge in [-0.05, 0) is 43.4 Å². The van der Waals surface area contributed by atoms with Crippen molar-refractivity contribution in [3.63, 3.8) is 0 Å². The summed E-state index contributed by atoms with van der Waals surface area (Å²) in [6.07, 6.45) is 1.21. The lowest BCUT2D eigenvalue weighted by atomic mass is 9.92. The molecule has 1 aromatic carbocycles. The lowest BCUT2D eigenvalue weighted by molar-refractivity contribution is -0.136. The Morgan fingerprint density at radius 2 is 1.79 bits per heavy atom. The van der Waals surface area contributed by atoms with Crippen LogP contribution in [0.15, 0.2) is 24.3 Å². The van der Waals surface area contributed by atoms with E-state index in [4.69, 9.17) is 11.6 Å². The molecule has 3 rings (SSSR count). The van der Waals surface area contributed by atoms with E-state index in [1.807, 2.05) is 24.0 Å². The minimum Gasteiger partial charge on any atom is -0.341 e. The molecule has 29 heavy (non-hydrogen) atoms. The fourth-order valence-electron chi connectivity index (χ4n) is 4.45. The van der Waals surface area contributed by atoms with E-state index in [1.165, 1.54) is 6.42 Å². The van der Waals surface area contributed by atoms with Gasteiger partial charge in [0.2, 0.25) is 11.8 Å². The maximum atomic E-state index is 12.7. The van der Waals surface area contributed by atoms with Gasteiger partial charge in [0.15, 0.2) is 0 Å². The van der Waals surface area contributed by atoms with Gasteiger partial charge in [0.05, 0.1) is 12.6 Å². The lowest BCUT2D eigenvalue weighted by Crippen LogP contribution is -2.55. The Morgan fingerprint density at radius 1 is 1.14 bits per heavy atom. The van der Waals surface area contributed by atoms with Gasteiger partial charge in [0, 0.05) is 50.0 Å². The summed E-state index contributed by atoms with van der Waals surface area (Å²) in [7, 11) is 0. The molecule has 1 N–H and O–H groups in total. The highest BCUT2D eigenvalue weighted by molar-refractivity contribution is 6.30. The van der Waals surface area contributed by atoms with Crippen LogP contribution in [0.1, 0.15) is 27.2 Å². The quantitative estimate of drug-likeness (QED) is 0.795. The van der Waals surface area contributed by atoms with Crippen molar-refractivity contribution in [1.29, 1.82) is 0 Å². The van der Waals surface area contributed by atoms with Gasteiger partial charge >= 0.3 is 0 Å². The molecule has 2 heterocycles. The zero-order valence-electron chi connectivity index (χ0n) is 17.7. The number of benzene rings is 1. The summed E-state index contributed by atoms with van der Waals surface area (Å²) in [5.74, 6) is 1.37. The van der Waals surface area contributed by atoms with Gasteiger partial charge in [0.25, 0.3) is 0 Å². The number of halogens is 1. The zero-order chi connectivity index (χ0) is 21.0. The predicted octanol–water partition coefficient (Wildman–Crippen LogP) is 2.79. The van der Waals surface area contributed by atoms with E-state index < -0.39 is 0 Å². The van der Waals surface area contributed by atoms with E-state index in [0.29, 0.717) is 29.1 Å². The van der Waals surface area contributed by atoms with E-state index in [9.17, 15) is 9.59 Å². The van der Waals surface area contributed by atoms with Crippen LogP contribution in [-0.4, -0.2) is 78.4 Å². The summed E-state index contributed by atoms with van der Waals surface area (Å²) < 4.78 is 0. The number of piperazine rings is 1. The van der Waals surface area contributed by atoms with Crippen molar-refractivity contribution < 1.29 is 9.59 Å². The molecular formula is C22H33ClN4O2. The van der Waals surface area contributed by atoms with Crippen molar-refractivity contribution in [2.45, 2.75) is 33.2 Å². The Bertz CT molecular complexity index is 711. The number of nitrogens with zero attached hydrogens (tertiary/aromatic N) is 3. The Labute approximate surface area is 179 Å². The van der Waals surface area contributed by atoms with Gasteiger partial charge in [-0.3, -0.25) is 19.4 Å². The normalized spacial score (nSPS) is 24.9. The lowest BCUT2D eigenvalue weighted by Gasteiger charge is -2.39. The van der Waals surface area contributed by atoms with E-state index >= 15 is 0 Å². The van der Waals surface area contributed by atoms with Crippen molar-refractivity contribution in [1.82, 2.24) is 14.7 Å². The molecule has 0 bridgehead atoms. The van der Waals surface area contributed by atoms with Crippen molar-refractivity contribution in [2.24, 2.45) is 11.8 Å². The summed E-state index contributed by atoms with van der Waals surface area (Å²) >= 11 is 5.99. The zero-order valence-corrected chi connectivity index (χ0v) is 18.5. The molecule has 2 fully saturated rings. The summed E-state index contributed by atoms with van der Waals surface area (Å²) in [6.45, 7) is 11.8. The van der Waals surface area contributed by atoms with Gasteiger partial charge in [-0.15, -0.1) is 0 Å². The number of rotatable bonds is 5. The first-order valence-corrected chi connectivity index (χ1v) is 11.0. The first-order valence-electron chi connectivity index (χ1n) is 10.6. The van der Waals surface area contributed by atoms with Crippen LogP contribution in [0.3, 0.4) is 0 Å². The number of hydrogen-bond acceptors (Lipinski definition) is 4. The number of hydrogen-bond donors (Lipinski definition) is 1. The summed E-state index contributed by atoms with van der Waals surface area (Å²) in [6, 6.07) is 6.96. The number of anilines is 1. The highest BCUT2D eigenvalue weighted by Gasteiger charge is 2.29. The molecule has 0 aromatic heterocycles. The maximum absolute atomic E-state index is 12.7. The highest BCUT2D eigenvalue weighted by atomic mass is 35.5. The molecule has 1 aromatic rings. The van der Waals surface area contributed by atoms with Crippen LogP contribution in [0.4, 0.5) is 5.69 Å². The van der Waals surface area contributed by atoms with Crippen LogP contribution < -0.4 is 5.32 Å². The Kier molecular flexibility index (Phi) is 7.55. The Hall–Kier alpha value is -1.63. The topological polar surface area (TPSA) is 55.9 Å². The fourth-order valence-corrected chi connectivity index (χ4v) is 4.64. The van der Waals surface area contributed by atoms with Gasteiger partial charge in [-0.1, -0.05) is 31.5 Å². The van der Waals surface area contributed by atoms with Gasteiger partial charge in [-0.25, -0.2) is 0 Å². The van der Waals surface area contributed by atoms with Gasteiger partial charge in [0.1, 0.15) is 0 Å². The van der Waals surface area contributed by atoms with E-state index in [2.05, 4.69) is 29.0 Å². The highest BCUT2D eigenvalue weighted by Crippen LogP contribution is 2.21. The standard InChI is InChI=1S/C22H33ClN4O2/c1-16-11-17(2)14-27(13-16)21(28)15-25-7-9-26(10-8-25)18(3)22(29)24-20-6-4-5-19(23)12-20/h4-6,12,16-18H,7-11,13-15H2,1-3H3,(H,24,29). The van der Waals surface area contributed by atoms with E-state index in [-0.39, 0.29) is 17.9 Å². The number of carbonyl (C=O) groups is 2. The molecule has 0 radical (unpaired) electrons. The Balaban J connectivity index is 1.44. The number of carbonyl (C=O) groups excluding carboxylic acids is 2. The Morgan fingerprint density at radius 3 is 2.41 bits per heavy atom. The number of nitrogens with one attached hydrogen (secondary N) is 1. The first-order chi connectivity index (χ1) is 13.8. The molecule has 2 aliphatic rings. The average molecular weight is 421 g/mol. The number of amides is 2. The number of piperidine rings is 1. The number of likely N-dealkylation sites (tertiary alicyclic amines) is 1. The first kappa shape index (κ1) is 22.1. The van der Waals surface area contributed by atoms with Gasteiger partial charge < -0.3 is 10.2 Å². The second-order valence-electron chi connectivity index (χ2n) is 8.73. The predicted molar refractivity (Wildman–Crippen MR) is 117 cm³/mol. The molecule has 7 heteroatoms. The smallest absolute Gasteiger partial charge is 0.241 e. The third-order valence-corrected chi connectivity index (χ3v) is 6.24. The molecule has 2 aliphatic heterocycles. The maximum Gasteiger partial charge on any atom is 0.241 e. The van der Waals surface area contributed by atoms with Crippen molar-refractivity contribution >= 4 is 29.1 Å². The third-order valence-electron chi connectivity index (χ3n) is 6.01. The summed E-state index contributed by atoms with van der Waals surface area (Å²) in [5, 5.41) is 3.54. The average Bonchev–Trinajstić information content (AvgIpc) is 2.67. The van der Waals surface area contributed by atoms with Crippen molar-refractivity contribution in [2.75, 3.05) is 51.1 Å². The van der Waals surface area contributed by atoms with Crippen LogP contribution >= 0.6 is 11.6 Å². The summed E-state index contributed by atoms with van der Waals surface area (Å²) in [4.78, 5) is 31.7. The van der Waals surface area contributed by atoms with Crippen LogP contribution in [0, 0.1) is 11.8 Å². The largest absolute Gasteiger partial charge is 0.341 e. The van der Waals surface area contributed by atoms with Crippen LogP contribution in [0.25, 0.3) is 0 Å². The molecule has 0 spiro atoms. The van der Waals surface area contributed by atoms with Crippen molar-refractivity contribution in [3.8, 4) is 0 Å². The molecule has 0 aliphatic carbocycles. The molecule has 3 unspecified atom stereocenters. The molecule has 160 valence electrons. The fraction of sp³-hybridized carbons (Fsp3) is 0.636. The summed E-state index contributed by atoms with van der Waals surface area (Å²) in [5.41, 5.74) is 0.712. The molecule has 0 saturated carbocycles. The monoisotopic (exact) mass is 420 g/mol. The minimum absolute atomic E-state index is 0.0342. The van der Waals surface area contributed by atoms with E-state index in [1.54, 1.807) is 12.1 Å². The van der Waals surface area contributed by atoms with Gasteiger partial charge in [-0.2, -0.15) is 0 Å². The van der Waals surface area contributed by atoms with Crippen LogP contribution in [-0.2, 0) is 9.59 Å². The van der Waals surface area contributed by atoms with Crippen LogP contribution in [0.5, 0.6) is 0 Å². The molecule has 2 saturated heterocycles. The molecule has 6 nitrogen and oxygen atoms in total. The minimum atomic E-state index is -0.226. The molecular weight excluding hydrogens is 388 g/mol. The van der Waals surface area contributed by atoms with Crippen molar-refractivity contribution in [3.05, 3.63) is 29.3 Å². The van der Waals surface area contributed by atoms with Crippen LogP contribution in [0.2, 0.25) is 5.02 Å². The SMILES string of the molecule is CC1CC(C)CN(C(=O)CN2CCN(C(C)C(=O)Nc3cccc(Cl)c3)CC2)C1. The molecule has 3 atom stereocenters. The second-order valence-corrected chi connectivity index (χ2v) is 9.17. The third kappa shape index (κ3) is 6.17.